The number of nitrogens with zero attached hydrogens (tertiary/aromatic N) is 2. The van der Waals surface area contributed by atoms with E-state index < -0.39 is 0 Å². The lowest BCUT2D eigenvalue weighted by Crippen LogP contribution is -2.25. The van der Waals surface area contributed by atoms with E-state index in [0.717, 1.165) is 12.8 Å². The molecule has 0 fully saturated rings. The van der Waals surface area contributed by atoms with E-state index in [4.69, 9.17) is 11.6 Å². The van der Waals surface area contributed by atoms with Crippen molar-refractivity contribution in [3.8, 4) is 0 Å². The fourth-order valence-corrected chi connectivity index (χ4v) is 2.09. The zero-order valence-electron chi connectivity index (χ0n) is 10.2. The van der Waals surface area contributed by atoms with Gasteiger partial charge in [-0.05, 0) is 32.1 Å². The second kappa shape index (κ2) is 6.50. The topological polar surface area (TPSA) is 54.9 Å². The molecule has 0 aromatic carbocycles. The number of rotatable bonds is 4. The molecule has 1 amide bonds. The Morgan fingerprint density at radius 3 is 2.89 bits per heavy atom. The van der Waals surface area contributed by atoms with Gasteiger partial charge in [-0.15, -0.1) is 0 Å². The number of allylic oxidation sites excluding steroid dienone is 1. The van der Waals surface area contributed by atoms with E-state index in [0.29, 0.717) is 17.4 Å². The van der Waals surface area contributed by atoms with Crippen LogP contribution < -0.4 is 5.32 Å². The molecule has 1 aliphatic carbocycles. The predicted octanol–water partition coefficient (Wildman–Crippen LogP) is 2.75. The highest BCUT2D eigenvalue weighted by Crippen LogP contribution is 2.19. The molecule has 0 bridgehead atoms. The number of carbonyl (C=O) groups is 1. The number of amides is 1. The Balaban J connectivity index is 1.78. The van der Waals surface area contributed by atoms with Crippen LogP contribution in [0.5, 0.6) is 0 Å². The van der Waals surface area contributed by atoms with Gasteiger partial charge in [0.1, 0.15) is 10.8 Å². The Morgan fingerprint density at radius 1 is 1.33 bits per heavy atom. The summed E-state index contributed by atoms with van der Waals surface area (Å²) in [7, 11) is 0. The lowest BCUT2D eigenvalue weighted by molar-refractivity contribution is 0.0948. The third-order valence-corrected chi connectivity index (χ3v) is 3.16. The SMILES string of the molecule is O=C(NCCC1=CCCCC1)c1cnc(Cl)cn1. The lowest BCUT2D eigenvalue weighted by Gasteiger charge is -2.12. The summed E-state index contributed by atoms with van der Waals surface area (Å²) in [6.07, 6.45) is 10.9. The van der Waals surface area contributed by atoms with Gasteiger partial charge >= 0.3 is 0 Å². The lowest BCUT2D eigenvalue weighted by atomic mass is 9.97. The van der Waals surface area contributed by atoms with E-state index >= 15 is 0 Å². The van der Waals surface area contributed by atoms with Gasteiger partial charge in [0.2, 0.25) is 0 Å². The molecule has 0 unspecified atom stereocenters. The largest absolute Gasteiger partial charge is 0.350 e. The number of hydrogen-bond donors (Lipinski definition) is 1. The third kappa shape index (κ3) is 3.81. The first-order chi connectivity index (χ1) is 8.75. The molecule has 1 heterocycles. The van der Waals surface area contributed by atoms with E-state index in [-0.39, 0.29) is 5.91 Å². The molecule has 4 nitrogen and oxygen atoms in total. The third-order valence-electron chi connectivity index (χ3n) is 2.97. The zero-order valence-corrected chi connectivity index (χ0v) is 10.9. The van der Waals surface area contributed by atoms with E-state index in [1.165, 1.54) is 37.2 Å². The first kappa shape index (κ1) is 13.0. The molecule has 1 aliphatic rings. The Hall–Kier alpha value is -1.42. The average Bonchev–Trinajstić information content (AvgIpc) is 2.40. The maximum absolute atomic E-state index is 11.7. The molecule has 0 aliphatic heterocycles. The van der Waals surface area contributed by atoms with Crippen LogP contribution >= 0.6 is 11.6 Å². The van der Waals surface area contributed by atoms with Gasteiger partial charge in [0.05, 0.1) is 12.4 Å². The molecule has 1 N–H and O–H groups in total. The van der Waals surface area contributed by atoms with Gasteiger partial charge < -0.3 is 5.32 Å². The second-order valence-corrected chi connectivity index (χ2v) is 4.73. The van der Waals surface area contributed by atoms with Crippen LogP contribution in [0.1, 0.15) is 42.6 Å². The molecule has 5 heteroatoms. The highest BCUT2D eigenvalue weighted by atomic mass is 35.5. The van der Waals surface area contributed by atoms with Gasteiger partial charge in [-0.3, -0.25) is 4.79 Å². The summed E-state index contributed by atoms with van der Waals surface area (Å²) in [5.41, 5.74) is 1.75. The number of aromatic nitrogens is 2. The van der Waals surface area contributed by atoms with E-state index in [1.54, 1.807) is 0 Å². The summed E-state index contributed by atoms with van der Waals surface area (Å²) in [5.74, 6) is -0.199. The summed E-state index contributed by atoms with van der Waals surface area (Å²) in [6.45, 7) is 0.648. The van der Waals surface area contributed by atoms with Crippen molar-refractivity contribution in [1.82, 2.24) is 15.3 Å². The number of carbonyl (C=O) groups excluding carboxylic acids is 1. The fourth-order valence-electron chi connectivity index (χ4n) is 1.99. The summed E-state index contributed by atoms with van der Waals surface area (Å²) >= 11 is 5.61. The fraction of sp³-hybridized carbons (Fsp3) is 0.462. The van der Waals surface area contributed by atoms with Crippen molar-refractivity contribution >= 4 is 17.5 Å². The maximum atomic E-state index is 11.7. The first-order valence-corrected chi connectivity index (χ1v) is 6.57. The van der Waals surface area contributed by atoms with Gasteiger partial charge in [0.15, 0.2) is 0 Å². The van der Waals surface area contributed by atoms with Gasteiger partial charge in [0, 0.05) is 6.54 Å². The van der Waals surface area contributed by atoms with Crippen molar-refractivity contribution in [3.05, 3.63) is 34.9 Å². The van der Waals surface area contributed by atoms with E-state index in [2.05, 4.69) is 21.4 Å². The molecule has 1 aromatic heterocycles. The van der Waals surface area contributed by atoms with E-state index in [1.807, 2.05) is 0 Å². The number of halogens is 1. The van der Waals surface area contributed by atoms with Crippen LogP contribution in [0.3, 0.4) is 0 Å². The molecular weight excluding hydrogens is 250 g/mol. The van der Waals surface area contributed by atoms with Crippen LogP contribution in [-0.4, -0.2) is 22.4 Å². The summed E-state index contributed by atoms with van der Waals surface area (Å²) < 4.78 is 0. The van der Waals surface area contributed by atoms with Crippen LogP contribution in [0.2, 0.25) is 5.15 Å². The smallest absolute Gasteiger partial charge is 0.271 e. The van der Waals surface area contributed by atoms with Gasteiger partial charge in [-0.25, -0.2) is 9.97 Å². The molecule has 18 heavy (non-hydrogen) atoms. The summed E-state index contributed by atoms with van der Waals surface area (Å²) in [4.78, 5) is 19.5. The standard InChI is InChI=1S/C13H16ClN3O/c14-12-9-16-11(8-17-12)13(18)15-7-6-10-4-2-1-3-5-10/h4,8-9H,1-3,5-7H2,(H,15,18). The van der Waals surface area contributed by atoms with Crippen LogP contribution in [0, 0.1) is 0 Å². The van der Waals surface area contributed by atoms with Crippen LogP contribution in [0.4, 0.5) is 0 Å². The average molecular weight is 266 g/mol. The highest BCUT2D eigenvalue weighted by molar-refractivity contribution is 6.29. The van der Waals surface area contributed by atoms with Crippen molar-refractivity contribution in [1.29, 1.82) is 0 Å². The number of nitrogens with one attached hydrogen (secondary N) is 1. The predicted molar refractivity (Wildman–Crippen MR) is 70.5 cm³/mol. The molecule has 96 valence electrons. The second-order valence-electron chi connectivity index (χ2n) is 4.34. The quantitative estimate of drug-likeness (QED) is 0.852. The van der Waals surface area contributed by atoms with Gasteiger partial charge in [0.25, 0.3) is 5.91 Å². The minimum atomic E-state index is -0.199. The van der Waals surface area contributed by atoms with Crippen molar-refractivity contribution in [3.63, 3.8) is 0 Å². The monoisotopic (exact) mass is 265 g/mol. The molecule has 0 atom stereocenters. The molecule has 0 saturated carbocycles. The van der Waals surface area contributed by atoms with Crippen molar-refractivity contribution in [2.75, 3.05) is 6.54 Å². The van der Waals surface area contributed by atoms with Crippen molar-refractivity contribution in [2.24, 2.45) is 0 Å². The maximum Gasteiger partial charge on any atom is 0.271 e. The molecule has 0 saturated heterocycles. The van der Waals surface area contributed by atoms with Crippen molar-refractivity contribution in [2.45, 2.75) is 32.1 Å². The molecular formula is C13H16ClN3O. The Morgan fingerprint density at radius 2 is 2.22 bits per heavy atom. The van der Waals surface area contributed by atoms with E-state index in [9.17, 15) is 4.79 Å². The van der Waals surface area contributed by atoms with Crippen LogP contribution in [0.25, 0.3) is 0 Å². The number of hydrogen-bond acceptors (Lipinski definition) is 3. The van der Waals surface area contributed by atoms with Crippen LogP contribution in [0.15, 0.2) is 24.0 Å². The molecule has 1 aromatic rings. The van der Waals surface area contributed by atoms with Gasteiger partial charge in [-0.2, -0.15) is 0 Å². The Bertz CT molecular complexity index is 442. The minimum absolute atomic E-state index is 0.199. The summed E-state index contributed by atoms with van der Waals surface area (Å²) in [6, 6.07) is 0. The van der Waals surface area contributed by atoms with Crippen LogP contribution in [-0.2, 0) is 0 Å². The zero-order chi connectivity index (χ0) is 12.8. The molecule has 0 radical (unpaired) electrons. The molecule has 0 spiro atoms. The Kier molecular flexibility index (Phi) is 4.70. The van der Waals surface area contributed by atoms with Gasteiger partial charge in [-0.1, -0.05) is 23.3 Å². The Labute approximate surface area is 111 Å². The normalized spacial score (nSPS) is 15.1. The van der Waals surface area contributed by atoms with Crippen molar-refractivity contribution < 1.29 is 4.79 Å². The minimum Gasteiger partial charge on any atom is -0.350 e. The molecule has 2 rings (SSSR count). The summed E-state index contributed by atoms with van der Waals surface area (Å²) in [5, 5.41) is 3.13. The first-order valence-electron chi connectivity index (χ1n) is 6.19. The highest BCUT2D eigenvalue weighted by Gasteiger charge is 2.08.